The second kappa shape index (κ2) is 7.15. The van der Waals surface area contributed by atoms with E-state index < -0.39 is 52.1 Å². The monoisotopic (exact) mass is 552 g/mol. The standard InChI is InChI=1S/C22H21IN2O7/c1-7-8-6-9-16(25(2)3)18(28)15(21(24)31)20(30)22(9,32)19(29)13(8)17(27)14-11(26)5-4-10(23)12(7)14/h4-5,9,16,26-28,32H,6H2,1-3H3,(H2,24,31)/t9-,16?,22-/m0/s1. The molecule has 0 spiro atoms. The number of amides is 1. The average Bonchev–Trinajstić information content (AvgIpc) is 2.69. The number of nitrogens with two attached hydrogens (primary N) is 1. The lowest BCUT2D eigenvalue weighted by Gasteiger charge is -2.47. The van der Waals surface area contributed by atoms with Crippen LogP contribution in [-0.4, -0.2) is 68.5 Å². The average molecular weight is 552 g/mol. The van der Waals surface area contributed by atoms with E-state index in [1.807, 2.05) is 0 Å². The van der Waals surface area contributed by atoms with Gasteiger partial charge in [0.25, 0.3) is 5.91 Å². The third kappa shape index (κ3) is 2.66. The van der Waals surface area contributed by atoms with Crippen LogP contribution in [0.25, 0.3) is 10.8 Å². The van der Waals surface area contributed by atoms with Crippen molar-refractivity contribution in [1.29, 1.82) is 0 Å². The number of benzene rings is 2. The molecule has 0 aromatic heterocycles. The highest BCUT2D eigenvalue weighted by Crippen LogP contribution is 2.50. The smallest absolute Gasteiger partial charge is 0.255 e. The van der Waals surface area contributed by atoms with Crippen LogP contribution in [0.1, 0.15) is 21.5 Å². The van der Waals surface area contributed by atoms with Crippen LogP contribution in [0, 0.1) is 16.4 Å². The first-order valence-corrected chi connectivity index (χ1v) is 10.8. The number of Topliss-reactive ketones (excluding diaryl/α,β-unsaturated/α-hetero) is 2. The number of rotatable bonds is 2. The van der Waals surface area contributed by atoms with Gasteiger partial charge >= 0.3 is 0 Å². The van der Waals surface area contributed by atoms with Crippen molar-refractivity contribution in [3.8, 4) is 11.5 Å². The van der Waals surface area contributed by atoms with Crippen molar-refractivity contribution in [2.45, 2.75) is 25.0 Å². The number of hydrogen-bond donors (Lipinski definition) is 5. The summed E-state index contributed by atoms with van der Waals surface area (Å²) in [5.41, 5.74) is 2.43. The number of hydrogen-bond acceptors (Lipinski definition) is 8. The highest BCUT2D eigenvalue weighted by molar-refractivity contribution is 14.1. The molecule has 1 amide bonds. The highest BCUT2D eigenvalue weighted by Gasteiger charge is 2.63. The molecule has 0 fully saturated rings. The van der Waals surface area contributed by atoms with Crippen LogP contribution < -0.4 is 5.73 Å². The molecule has 6 N–H and O–H groups in total. The largest absolute Gasteiger partial charge is 0.510 e. The fourth-order valence-corrected chi connectivity index (χ4v) is 5.96. The van der Waals surface area contributed by atoms with Crippen LogP contribution in [-0.2, 0) is 16.0 Å². The topological polar surface area (TPSA) is 161 Å². The van der Waals surface area contributed by atoms with Crippen LogP contribution in [0.15, 0.2) is 23.5 Å². The first kappa shape index (κ1) is 22.5. The first-order valence-electron chi connectivity index (χ1n) is 9.72. The number of carbonyl (C=O) groups is 3. The zero-order valence-electron chi connectivity index (χ0n) is 17.4. The van der Waals surface area contributed by atoms with Crippen LogP contribution in [0.3, 0.4) is 0 Å². The molecule has 1 unspecified atom stereocenters. The molecular weight excluding hydrogens is 531 g/mol. The molecule has 3 atom stereocenters. The minimum Gasteiger partial charge on any atom is -0.510 e. The number of phenols is 2. The molecule has 10 heteroatoms. The number of phenolic OH excluding ortho intramolecular Hbond substituents is 2. The fraction of sp³-hybridized carbons (Fsp3) is 0.318. The number of primary amides is 1. The lowest BCUT2D eigenvalue weighted by Crippen LogP contribution is -2.66. The van der Waals surface area contributed by atoms with Gasteiger partial charge < -0.3 is 26.2 Å². The second-order valence-corrected chi connectivity index (χ2v) is 9.57. The highest BCUT2D eigenvalue weighted by atomic mass is 127. The lowest BCUT2D eigenvalue weighted by molar-refractivity contribution is -0.140. The molecule has 0 radical (unpaired) electrons. The molecule has 0 saturated heterocycles. The van der Waals surface area contributed by atoms with E-state index in [-0.39, 0.29) is 23.1 Å². The molecule has 0 saturated carbocycles. The quantitative estimate of drug-likeness (QED) is 0.210. The second-order valence-electron chi connectivity index (χ2n) is 8.41. The normalized spacial score (nSPS) is 25.3. The van der Waals surface area contributed by atoms with E-state index in [4.69, 9.17) is 5.73 Å². The Morgan fingerprint density at radius 1 is 1.16 bits per heavy atom. The molecule has 168 valence electrons. The van der Waals surface area contributed by atoms with Gasteiger partial charge in [0.15, 0.2) is 5.60 Å². The maximum absolute atomic E-state index is 13.6. The molecule has 0 bridgehead atoms. The Bertz CT molecular complexity index is 1280. The fourth-order valence-electron chi connectivity index (χ4n) is 5.10. The minimum absolute atomic E-state index is 0.0319. The molecule has 2 aromatic rings. The summed E-state index contributed by atoms with van der Waals surface area (Å²) in [5, 5.41) is 44.2. The van der Waals surface area contributed by atoms with Crippen LogP contribution in [0.5, 0.6) is 11.5 Å². The molecule has 2 aliphatic rings. The molecule has 2 aromatic carbocycles. The van der Waals surface area contributed by atoms with Crippen LogP contribution in [0.2, 0.25) is 0 Å². The summed E-state index contributed by atoms with van der Waals surface area (Å²) in [4.78, 5) is 40.3. The van der Waals surface area contributed by atoms with E-state index in [1.54, 1.807) is 27.1 Å². The van der Waals surface area contributed by atoms with Gasteiger partial charge in [0.1, 0.15) is 22.8 Å². The van der Waals surface area contributed by atoms with Gasteiger partial charge in [0.05, 0.1) is 17.0 Å². The summed E-state index contributed by atoms with van der Waals surface area (Å²) in [6, 6.07) is 1.98. The van der Waals surface area contributed by atoms with Gasteiger partial charge in [-0.15, -0.1) is 0 Å². The van der Waals surface area contributed by atoms with E-state index in [0.717, 1.165) is 3.57 Å². The zero-order valence-corrected chi connectivity index (χ0v) is 19.6. The van der Waals surface area contributed by atoms with Crippen molar-refractivity contribution in [1.82, 2.24) is 4.90 Å². The van der Waals surface area contributed by atoms with Crippen LogP contribution >= 0.6 is 22.6 Å². The van der Waals surface area contributed by atoms with E-state index in [1.165, 1.54) is 11.0 Å². The molecule has 4 rings (SSSR count). The number of ketones is 2. The van der Waals surface area contributed by atoms with Crippen molar-refractivity contribution in [2.24, 2.45) is 11.7 Å². The molecule has 2 aliphatic carbocycles. The number of aliphatic hydroxyl groups is 2. The Hall–Kier alpha value is -2.70. The number of carbonyl (C=O) groups excluding carboxylic acids is 3. The predicted octanol–water partition coefficient (Wildman–Crippen LogP) is 1.06. The number of likely N-dealkylation sites (N-methyl/N-ethyl adjacent to an activating group) is 1. The summed E-state index contributed by atoms with van der Waals surface area (Å²) < 4.78 is 0.724. The number of aliphatic hydroxyl groups excluding tert-OH is 1. The molecular formula is C22H21IN2O7. The van der Waals surface area contributed by atoms with Crippen molar-refractivity contribution in [2.75, 3.05) is 14.1 Å². The van der Waals surface area contributed by atoms with Gasteiger partial charge in [-0.2, -0.15) is 0 Å². The van der Waals surface area contributed by atoms with Crippen molar-refractivity contribution < 1.29 is 34.8 Å². The summed E-state index contributed by atoms with van der Waals surface area (Å²) in [6.45, 7) is 1.72. The Kier molecular flexibility index (Phi) is 5.03. The van der Waals surface area contributed by atoms with Crippen molar-refractivity contribution in [3.63, 3.8) is 0 Å². The van der Waals surface area contributed by atoms with Crippen molar-refractivity contribution in [3.05, 3.63) is 43.7 Å². The van der Waals surface area contributed by atoms with Gasteiger partial charge in [0, 0.05) is 14.9 Å². The van der Waals surface area contributed by atoms with Crippen LogP contribution in [0.4, 0.5) is 0 Å². The summed E-state index contributed by atoms with van der Waals surface area (Å²) >= 11 is 2.05. The molecule has 32 heavy (non-hydrogen) atoms. The number of halogens is 1. The van der Waals surface area contributed by atoms with Gasteiger partial charge in [-0.3, -0.25) is 19.3 Å². The molecule has 0 aliphatic heterocycles. The van der Waals surface area contributed by atoms with Gasteiger partial charge in [-0.25, -0.2) is 0 Å². The SMILES string of the molecule is Cc1c2c(c(O)c3c(O)ccc(I)c13)C(=O)[C@]1(O)C(=O)C(C(N)=O)=C(O)C(N(C)C)[C@@H]1C2. The Balaban J connectivity index is 2.11. The lowest BCUT2D eigenvalue weighted by atomic mass is 9.60. The molecule has 9 nitrogen and oxygen atoms in total. The Labute approximate surface area is 196 Å². The molecule has 0 heterocycles. The summed E-state index contributed by atoms with van der Waals surface area (Å²) in [6.07, 6.45) is -0.0523. The third-order valence-corrected chi connectivity index (χ3v) is 7.46. The van der Waals surface area contributed by atoms with Gasteiger partial charge in [-0.05, 0) is 73.3 Å². The van der Waals surface area contributed by atoms with E-state index in [0.29, 0.717) is 16.5 Å². The maximum Gasteiger partial charge on any atom is 0.255 e. The zero-order chi connectivity index (χ0) is 23.9. The Morgan fingerprint density at radius 3 is 2.34 bits per heavy atom. The number of aryl methyl sites for hydroxylation is 1. The third-order valence-electron chi connectivity index (χ3n) is 6.56. The van der Waals surface area contributed by atoms with Gasteiger partial charge in [0.2, 0.25) is 11.6 Å². The number of aromatic hydroxyl groups is 2. The van der Waals surface area contributed by atoms with Gasteiger partial charge in [-0.1, -0.05) is 0 Å². The predicted molar refractivity (Wildman–Crippen MR) is 123 cm³/mol. The minimum atomic E-state index is -2.73. The number of fused-ring (bicyclic) bond motifs is 3. The Morgan fingerprint density at radius 2 is 1.78 bits per heavy atom. The van der Waals surface area contributed by atoms with E-state index >= 15 is 0 Å². The first-order chi connectivity index (χ1) is 14.8. The van der Waals surface area contributed by atoms with E-state index in [9.17, 15) is 34.8 Å². The number of nitrogens with zero attached hydrogens (tertiary/aromatic N) is 1. The maximum atomic E-state index is 13.6. The van der Waals surface area contributed by atoms with Crippen molar-refractivity contribution >= 4 is 50.8 Å². The summed E-state index contributed by atoms with van der Waals surface area (Å²) in [7, 11) is 3.14. The summed E-state index contributed by atoms with van der Waals surface area (Å²) in [5.74, 6) is -6.23. The van der Waals surface area contributed by atoms with E-state index in [2.05, 4.69) is 22.6 Å².